The van der Waals surface area contributed by atoms with Crippen molar-refractivity contribution >= 4 is 0 Å². The molecule has 1 heterocycles. The van der Waals surface area contributed by atoms with E-state index in [-0.39, 0.29) is 5.54 Å². The highest BCUT2D eigenvalue weighted by Crippen LogP contribution is 2.43. The summed E-state index contributed by atoms with van der Waals surface area (Å²) in [6.45, 7) is 12.6. The fourth-order valence-corrected chi connectivity index (χ4v) is 3.16. The van der Waals surface area contributed by atoms with Crippen LogP contribution in [0, 0.1) is 5.92 Å². The molecule has 2 rings (SSSR count). The van der Waals surface area contributed by atoms with Crippen molar-refractivity contribution in [1.82, 2.24) is 10.2 Å². The monoisotopic (exact) mass is 254 g/mol. The molecule has 2 aliphatic rings. The van der Waals surface area contributed by atoms with E-state index in [0.29, 0.717) is 11.6 Å². The smallest absolute Gasteiger partial charge is 0.0670 e. The number of hydrogen-bond donors (Lipinski definition) is 1. The minimum absolute atomic E-state index is 0.279. The Bertz CT molecular complexity index is 292. The summed E-state index contributed by atoms with van der Waals surface area (Å²) in [5, 5.41) is 3.84. The van der Waals surface area contributed by atoms with E-state index in [0.717, 1.165) is 25.6 Å². The first-order valence-corrected chi connectivity index (χ1v) is 7.46. The first kappa shape index (κ1) is 14.3. The first-order valence-electron chi connectivity index (χ1n) is 7.46. The van der Waals surface area contributed by atoms with Gasteiger partial charge in [0.1, 0.15) is 0 Å². The molecule has 1 saturated carbocycles. The van der Waals surface area contributed by atoms with Crippen molar-refractivity contribution in [3.8, 4) is 0 Å². The highest BCUT2D eigenvalue weighted by Gasteiger charge is 2.49. The molecule has 3 atom stereocenters. The average Bonchev–Trinajstić information content (AvgIpc) is 3.18. The zero-order chi connectivity index (χ0) is 13.4. The maximum Gasteiger partial charge on any atom is 0.0670 e. The van der Waals surface area contributed by atoms with Gasteiger partial charge < -0.3 is 10.1 Å². The van der Waals surface area contributed by atoms with Crippen molar-refractivity contribution in [2.45, 2.75) is 64.1 Å². The molecule has 0 aromatic heterocycles. The van der Waals surface area contributed by atoms with E-state index in [2.05, 4.69) is 37.9 Å². The number of hydrogen-bond acceptors (Lipinski definition) is 3. The number of methoxy groups -OCH3 is 1. The van der Waals surface area contributed by atoms with Gasteiger partial charge in [0.15, 0.2) is 0 Å². The average molecular weight is 254 g/mol. The van der Waals surface area contributed by atoms with Gasteiger partial charge in [-0.15, -0.1) is 0 Å². The fourth-order valence-electron chi connectivity index (χ4n) is 3.16. The first-order chi connectivity index (χ1) is 8.43. The summed E-state index contributed by atoms with van der Waals surface area (Å²) in [4.78, 5) is 2.66. The van der Waals surface area contributed by atoms with E-state index < -0.39 is 0 Å². The summed E-state index contributed by atoms with van der Waals surface area (Å²) in [5.74, 6) is 0.888. The lowest BCUT2D eigenvalue weighted by Crippen LogP contribution is -2.69. The zero-order valence-electron chi connectivity index (χ0n) is 12.8. The second kappa shape index (κ2) is 5.10. The summed E-state index contributed by atoms with van der Waals surface area (Å²) < 4.78 is 5.47. The van der Waals surface area contributed by atoms with E-state index in [1.807, 2.05) is 7.11 Å². The Morgan fingerprint density at radius 1 is 1.39 bits per heavy atom. The third-order valence-corrected chi connectivity index (χ3v) is 5.28. The summed E-state index contributed by atoms with van der Waals surface area (Å²) >= 11 is 0. The lowest BCUT2D eigenvalue weighted by Gasteiger charge is -2.53. The Labute approximate surface area is 112 Å². The van der Waals surface area contributed by atoms with Gasteiger partial charge in [0.25, 0.3) is 0 Å². The Morgan fingerprint density at radius 3 is 2.56 bits per heavy atom. The largest absolute Gasteiger partial charge is 0.380 e. The molecule has 0 spiro atoms. The summed E-state index contributed by atoms with van der Waals surface area (Å²) in [5.41, 5.74) is 0.601. The van der Waals surface area contributed by atoms with Crippen LogP contribution in [-0.4, -0.2) is 48.8 Å². The third-order valence-electron chi connectivity index (χ3n) is 5.28. The van der Waals surface area contributed by atoms with Crippen molar-refractivity contribution in [3.05, 3.63) is 0 Å². The maximum atomic E-state index is 5.47. The van der Waals surface area contributed by atoms with Gasteiger partial charge in [0.05, 0.1) is 6.10 Å². The van der Waals surface area contributed by atoms with Crippen molar-refractivity contribution in [1.29, 1.82) is 0 Å². The number of rotatable bonds is 5. The van der Waals surface area contributed by atoms with Gasteiger partial charge in [-0.2, -0.15) is 0 Å². The molecule has 3 nitrogen and oxygen atoms in total. The third kappa shape index (κ3) is 2.73. The molecule has 0 amide bonds. The van der Waals surface area contributed by atoms with E-state index in [1.165, 1.54) is 19.3 Å². The van der Waals surface area contributed by atoms with Crippen LogP contribution in [0.5, 0.6) is 0 Å². The van der Waals surface area contributed by atoms with Crippen LogP contribution in [0.1, 0.15) is 47.0 Å². The molecule has 1 aliphatic heterocycles. The number of piperazine rings is 1. The predicted octanol–water partition coefficient (Wildman–Crippen LogP) is 2.26. The highest BCUT2D eigenvalue weighted by atomic mass is 16.5. The molecule has 3 unspecified atom stereocenters. The Hall–Kier alpha value is -0.120. The van der Waals surface area contributed by atoms with Gasteiger partial charge in [0.2, 0.25) is 0 Å². The number of nitrogens with zero attached hydrogens (tertiary/aromatic N) is 1. The summed E-state index contributed by atoms with van der Waals surface area (Å²) in [7, 11) is 1.82. The van der Waals surface area contributed by atoms with Crippen LogP contribution in [0.2, 0.25) is 0 Å². The van der Waals surface area contributed by atoms with Gasteiger partial charge >= 0.3 is 0 Å². The maximum absolute atomic E-state index is 5.47. The van der Waals surface area contributed by atoms with Gasteiger partial charge in [-0.25, -0.2) is 0 Å². The highest BCUT2D eigenvalue weighted by molar-refractivity contribution is 5.07. The van der Waals surface area contributed by atoms with Crippen LogP contribution < -0.4 is 5.32 Å². The van der Waals surface area contributed by atoms with E-state index in [4.69, 9.17) is 4.74 Å². The van der Waals surface area contributed by atoms with E-state index >= 15 is 0 Å². The summed E-state index contributed by atoms with van der Waals surface area (Å²) in [6, 6.07) is 0. The second-order valence-electron chi connectivity index (χ2n) is 6.82. The lowest BCUT2D eigenvalue weighted by molar-refractivity contribution is -0.0250. The molecule has 0 aromatic rings. The van der Waals surface area contributed by atoms with Crippen LogP contribution in [0.25, 0.3) is 0 Å². The molecule has 1 aliphatic carbocycles. The van der Waals surface area contributed by atoms with Crippen molar-refractivity contribution in [2.24, 2.45) is 5.92 Å². The van der Waals surface area contributed by atoms with Crippen LogP contribution in [0.4, 0.5) is 0 Å². The second-order valence-corrected chi connectivity index (χ2v) is 6.82. The molecular formula is C15H30N2O. The lowest BCUT2D eigenvalue weighted by atomic mass is 9.84. The van der Waals surface area contributed by atoms with Gasteiger partial charge in [-0.1, -0.05) is 6.92 Å². The van der Waals surface area contributed by atoms with Crippen molar-refractivity contribution < 1.29 is 4.74 Å². The molecule has 1 saturated heterocycles. The normalized spacial score (nSPS) is 39.8. The summed E-state index contributed by atoms with van der Waals surface area (Å²) in [6.07, 6.45) is 4.31. The quantitative estimate of drug-likeness (QED) is 0.814. The van der Waals surface area contributed by atoms with Crippen LogP contribution in [0.15, 0.2) is 0 Å². The molecular weight excluding hydrogens is 224 g/mol. The standard InChI is InChI=1S/C15H30N2O/c1-6-14(3)10-16-15(4,13-7-8-13)11-17(14)9-12(2)18-5/h12-13,16H,6-11H2,1-5H3. The van der Waals surface area contributed by atoms with Crippen LogP contribution in [0.3, 0.4) is 0 Å². The van der Waals surface area contributed by atoms with Gasteiger partial charge in [-0.05, 0) is 46.0 Å². The molecule has 3 heteroatoms. The molecule has 0 aromatic carbocycles. The van der Waals surface area contributed by atoms with Crippen molar-refractivity contribution in [2.75, 3.05) is 26.7 Å². The minimum atomic E-state index is 0.279. The topological polar surface area (TPSA) is 24.5 Å². The number of nitrogens with one attached hydrogen (secondary N) is 1. The molecule has 18 heavy (non-hydrogen) atoms. The minimum Gasteiger partial charge on any atom is -0.380 e. The van der Waals surface area contributed by atoms with Gasteiger partial charge in [-0.3, -0.25) is 4.90 Å². The molecule has 2 fully saturated rings. The van der Waals surface area contributed by atoms with Crippen LogP contribution >= 0.6 is 0 Å². The molecule has 106 valence electrons. The van der Waals surface area contributed by atoms with E-state index in [9.17, 15) is 0 Å². The molecule has 0 radical (unpaired) electrons. The molecule has 1 N–H and O–H groups in total. The fraction of sp³-hybridized carbons (Fsp3) is 1.00. The Balaban J connectivity index is 2.07. The zero-order valence-corrected chi connectivity index (χ0v) is 12.8. The van der Waals surface area contributed by atoms with Gasteiger partial charge in [0, 0.05) is 37.8 Å². The van der Waals surface area contributed by atoms with Crippen LogP contribution in [-0.2, 0) is 4.74 Å². The Morgan fingerprint density at radius 2 is 2.06 bits per heavy atom. The van der Waals surface area contributed by atoms with Crippen molar-refractivity contribution in [3.63, 3.8) is 0 Å². The Kier molecular flexibility index (Phi) is 4.05. The number of ether oxygens (including phenoxy) is 1. The predicted molar refractivity (Wildman–Crippen MR) is 75.9 cm³/mol. The van der Waals surface area contributed by atoms with E-state index in [1.54, 1.807) is 0 Å². The SMILES string of the molecule is CCC1(C)CNC(C)(C2CC2)CN1CC(C)OC. The molecule has 0 bridgehead atoms.